The van der Waals surface area contributed by atoms with Gasteiger partial charge in [0.15, 0.2) is 0 Å². The van der Waals surface area contributed by atoms with E-state index in [-0.39, 0.29) is 4.90 Å². The molecule has 2 N–H and O–H groups in total. The van der Waals surface area contributed by atoms with Gasteiger partial charge in [0.05, 0.1) is 17.5 Å². The van der Waals surface area contributed by atoms with Crippen LogP contribution in [0.5, 0.6) is 5.75 Å². The van der Waals surface area contributed by atoms with E-state index in [0.717, 1.165) is 0 Å². The van der Waals surface area contributed by atoms with Crippen LogP contribution in [0.2, 0.25) is 0 Å². The maximum absolute atomic E-state index is 12.3. The summed E-state index contributed by atoms with van der Waals surface area (Å²) in [6.45, 7) is 3.84. The van der Waals surface area contributed by atoms with E-state index in [1.807, 2.05) is 13.0 Å². The highest BCUT2D eigenvalue weighted by Crippen LogP contribution is 2.16. The van der Waals surface area contributed by atoms with Gasteiger partial charge >= 0.3 is 0 Å². The van der Waals surface area contributed by atoms with Crippen molar-refractivity contribution in [2.24, 2.45) is 0 Å². The van der Waals surface area contributed by atoms with Gasteiger partial charge in [-0.2, -0.15) is 4.72 Å². The number of carbonyl (C=O) groups excluding carboxylic acids is 1. The number of carbonyl (C=O) groups is 1. The van der Waals surface area contributed by atoms with Crippen molar-refractivity contribution in [2.75, 3.05) is 11.9 Å². The van der Waals surface area contributed by atoms with E-state index in [2.05, 4.69) is 10.0 Å². The summed E-state index contributed by atoms with van der Waals surface area (Å²) in [5.74, 6) is 0.155. The Kier molecular flexibility index (Phi) is 5.94. The molecule has 0 saturated carbocycles. The normalized spacial score (nSPS) is 12.4. The van der Waals surface area contributed by atoms with Crippen LogP contribution < -0.4 is 14.8 Å². The smallest absolute Gasteiger partial charge is 0.242 e. The molecule has 0 heterocycles. The fraction of sp³-hybridized carbons (Fsp3) is 0.235. The van der Waals surface area contributed by atoms with Crippen molar-refractivity contribution in [1.29, 1.82) is 0 Å². The van der Waals surface area contributed by atoms with Crippen LogP contribution in [0.25, 0.3) is 0 Å². The summed E-state index contributed by atoms with van der Waals surface area (Å²) in [6.07, 6.45) is 0. The first-order valence-electron chi connectivity index (χ1n) is 7.53. The zero-order valence-corrected chi connectivity index (χ0v) is 14.3. The van der Waals surface area contributed by atoms with Crippen molar-refractivity contribution in [1.82, 2.24) is 4.72 Å². The van der Waals surface area contributed by atoms with Crippen LogP contribution in [0.4, 0.5) is 5.69 Å². The van der Waals surface area contributed by atoms with Crippen molar-refractivity contribution < 1.29 is 17.9 Å². The number of amides is 1. The molecule has 0 bridgehead atoms. The molecule has 6 nitrogen and oxygen atoms in total. The van der Waals surface area contributed by atoms with E-state index in [9.17, 15) is 13.2 Å². The molecule has 1 unspecified atom stereocenters. The molecule has 2 aromatic carbocycles. The summed E-state index contributed by atoms with van der Waals surface area (Å²) < 4.78 is 32.3. The average Bonchev–Trinajstić information content (AvgIpc) is 2.56. The van der Waals surface area contributed by atoms with Crippen LogP contribution in [0.1, 0.15) is 13.8 Å². The number of para-hydroxylation sites is 1. The Hall–Kier alpha value is -2.38. The number of nitrogens with one attached hydrogen (secondary N) is 2. The van der Waals surface area contributed by atoms with Crippen LogP contribution in [0, 0.1) is 0 Å². The molecule has 2 aromatic rings. The standard InChI is InChI=1S/C17H20N2O4S/c1-3-23-15-9-11-16(12-10-15)24(21,22)19-13(2)17(20)18-14-7-5-4-6-8-14/h4-13,19H,3H2,1-2H3,(H,18,20). The van der Waals surface area contributed by atoms with Crippen LogP contribution in [0.15, 0.2) is 59.5 Å². The molecule has 1 amide bonds. The molecule has 0 aliphatic heterocycles. The third-order valence-electron chi connectivity index (χ3n) is 3.21. The van der Waals surface area contributed by atoms with Crippen LogP contribution in [0.3, 0.4) is 0 Å². The van der Waals surface area contributed by atoms with Crippen molar-refractivity contribution in [3.05, 3.63) is 54.6 Å². The van der Waals surface area contributed by atoms with Crippen molar-refractivity contribution >= 4 is 21.6 Å². The fourth-order valence-corrected chi connectivity index (χ4v) is 3.21. The second-order valence-electron chi connectivity index (χ2n) is 5.10. The molecular formula is C17H20N2O4S. The summed E-state index contributed by atoms with van der Waals surface area (Å²) in [6, 6.07) is 14.0. The van der Waals surface area contributed by atoms with Crippen LogP contribution in [-0.4, -0.2) is 27.0 Å². The number of benzene rings is 2. The fourth-order valence-electron chi connectivity index (χ4n) is 2.01. The first-order valence-corrected chi connectivity index (χ1v) is 9.02. The van der Waals surface area contributed by atoms with Gasteiger partial charge in [0.25, 0.3) is 0 Å². The predicted octanol–water partition coefficient (Wildman–Crippen LogP) is 2.39. The van der Waals surface area contributed by atoms with Gasteiger partial charge in [0.2, 0.25) is 15.9 Å². The molecule has 2 rings (SSSR count). The Bertz CT molecular complexity index is 774. The van der Waals surface area contributed by atoms with E-state index >= 15 is 0 Å². The van der Waals surface area contributed by atoms with E-state index in [0.29, 0.717) is 18.0 Å². The third-order valence-corrected chi connectivity index (χ3v) is 4.77. The lowest BCUT2D eigenvalue weighted by atomic mass is 10.3. The molecule has 0 saturated heterocycles. The lowest BCUT2D eigenvalue weighted by Gasteiger charge is -2.14. The largest absolute Gasteiger partial charge is 0.494 e. The van der Waals surface area contributed by atoms with E-state index < -0.39 is 22.0 Å². The zero-order chi connectivity index (χ0) is 17.6. The lowest BCUT2D eigenvalue weighted by Crippen LogP contribution is -2.41. The van der Waals surface area contributed by atoms with Gasteiger partial charge in [-0.15, -0.1) is 0 Å². The molecule has 0 aliphatic rings. The Morgan fingerprint density at radius 3 is 2.29 bits per heavy atom. The molecule has 0 fully saturated rings. The molecule has 0 aromatic heterocycles. The Morgan fingerprint density at radius 2 is 1.71 bits per heavy atom. The maximum Gasteiger partial charge on any atom is 0.242 e. The molecule has 128 valence electrons. The summed E-state index contributed by atoms with van der Waals surface area (Å²) in [5.41, 5.74) is 0.606. The monoisotopic (exact) mass is 348 g/mol. The Morgan fingerprint density at radius 1 is 1.08 bits per heavy atom. The van der Waals surface area contributed by atoms with E-state index in [1.54, 1.807) is 36.4 Å². The van der Waals surface area contributed by atoms with Gasteiger partial charge in [-0.05, 0) is 50.2 Å². The Labute approximate surface area is 141 Å². The van der Waals surface area contributed by atoms with E-state index in [1.165, 1.54) is 19.1 Å². The van der Waals surface area contributed by atoms with Crippen LogP contribution in [-0.2, 0) is 14.8 Å². The van der Waals surface area contributed by atoms with Crippen molar-refractivity contribution in [3.8, 4) is 5.75 Å². The summed E-state index contributed by atoms with van der Waals surface area (Å²) in [7, 11) is -3.79. The minimum atomic E-state index is -3.79. The molecule has 0 radical (unpaired) electrons. The molecule has 0 spiro atoms. The number of rotatable bonds is 7. The van der Waals surface area contributed by atoms with Crippen molar-refractivity contribution in [2.45, 2.75) is 24.8 Å². The highest BCUT2D eigenvalue weighted by atomic mass is 32.2. The van der Waals surface area contributed by atoms with E-state index in [4.69, 9.17) is 4.74 Å². The predicted molar refractivity (Wildman–Crippen MR) is 92.5 cm³/mol. The van der Waals surface area contributed by atoms with Gasteiger partial charge < -0.3 is 10.1 Å². The van der Waals surface area contributed by atoms with Gasteiger partial charge in [0.1, 0.15) is 5.75 Å². The summed E-state index contributed by atoms with van der Waals surface area (Å²) in [5, 5.41) is 2.66. The number of hydrogen-bond donors (Lipinski definition) is 2. The molecule has 24 heavy (non-hydrogen) atoms. The first-order chi connectivity index (χ1) is 11.4. The maximum atomic E-state index is 12.3. The highest BCUT2D eigenvalue weighted by molar-refractivity contribution is 7.89. The lowest BCUT2D eigenvalue weighted by molar-refractivity contribution is -0.117. The van der Waals surface area contributed by atoms with Crippen LogP contribution >= 0.6 is 0 Å². The average molecular weight is 348 g/mol. The second kappa shape index (κ2) is 7.94. The molecule has 1 atom stereocenters. The summed E-state index contributed by atoms with van der Waals surface area (Å²) >= 11 is 0. The second-order valence-corrected chi connectivity index (χ2v) is 6.82. The minimum Gasteiger partial charge on any atom is -0.494 e. The number of ether oxygens (including phenoxy) is 1. The summed E-state index contributed by atoms with van der Waals surface area (Å²) in [4.78, 5) is 12.2. The number of hydrogen-bond acceptors (Lipinski definition) is 4. The zero-order valence-electron chi connectivity index (χ0n) is 13.5. The third kappa shape index (κ3) is 4.81. The van der Waals surface area contributed by atoms with Gasteiger partial charge in [-0.1, -0.05) is 18.2 Å². The number of sulfonamides is 1. The minimum absolute atomic E-state index is 0.0744. The molecule has 7 heteroatoms. The van der Waals surface area contributed by atoms with Gasteiger partial charge in [0, 0.05) is 5.69 Å². The quantitative estimate of drug-likeness (QED) is 0.805. The SMILES string of the molecule is CCOc1ccc(S(=O)(=O)NC(C)C(=O)Nc2ccccc2)cc1. The molecule has 0 aliphatic carbocycles. The highest BCUT2D eigenvalue weighted by Gasteiger charge is 2.22. The van der Waals surface area contributed by atoms with Crippen molar-refractivity contribution in [3.63, 3.8) is 0 Å². The topological polar surface area (TPSA) is 84.5 Å². The number of anilines is 1. The van der Waals surface area contributed by atoms with Gasteiger partial charge in [-0.3, -0.25) is 4.79 Å². The first kappa shape index (κ1) is 18.0. The van der Waals surface area contributed by atoms with Gasteiger partial charge in [-0.25, -0.2) is 8.42 Å². The molecular weight excluding hydrogens is 328 g/mol. The Balaban J connectivity index is 2.03.